The number of aliphatic carboxylic acids is 1. The van der Waals surface area contributed by atoms with Crippen LogP contribution in [0.3, 0.4) is 0 Å². The van der Waals surface area contributed by atoms with E-state index in [0.29, 0.717) is 19.3 Å². The minimum Gasteiger partial charge on any atom is -0.507 e. The highest BCUT2D eigenvalue weighted by atomic mass is 16.6. The lowest BCUT2D eigenvalue weighted by atomic mass is 9.95. The third kappa shape index (κ3) is 5.49. The molecule has 0 spiro atoms. The van der Waals surface area contributed by atoms with E-state index in [9.17, 15) is 39.7 Å². The number of unbranched alkanes of at least 4 members (excludes halogenated alkanes) is 2. The number of likely N-dealkylation sites (tertiary alicyclic amines) is 1. The summed E-state index contributed by atoms with van der Waals surface area (Å²) in [6.07, 6.45) is 1.14. The van der Waals surface area contributed by atoms with E-state index in [4.69, 9.17) is 5.11 Å². The maximum atomic E-state index is 13.0. The molecule has 1 heterocycles. The van der Waals surface area contributed by atoms with Crippen LogP contribution in [-0.4, -0.2) is 49.2 Å². The Morgan fingerprint density at radius 2 is 1.57 bits per heavy atom. The third-order valence-corrected chi connectivity index (χ3v) is 5.58. The number of carbonyl (C=O) groups excluding carboxylic acids is 2. The van der Waals surface area contributed by atoms with E-state index in [0.717, 1.165) is 12.1 Å². The molecule has 0 aliphatic carbocycles. The van der Waals surface area contributed by atoms with E-state index in [1.165, 1.54) is 41.3 Å². The van der Waals surface area contributed by atoms with Gasteiger partial charge in [0.2, 0.25) is 0 Å². The number of carbonyl (C=O) groups is 3. The first-order valence-corrected chi connectivity index (χ1v) is 10.6. The number of rotatable bonds is 10. The quantitative estimate of drug-likeness (QED) is 0.127. The van der Waals surface area contributed by atoms with Gasteiger partial charge in [0, 0.05) is 42.8 Å². The highest BCUT2D eigenvalue weighted by Gasteiger charge is 2.46. The van der Waals surface area contributed by atoms with Crippen LogP contribution in [0.4, 0.5) is 11.4 Å². The van der Waals surface area contributed by atoms with Crippen molar-refractivity contribution in [1.29, 1.82) is 0 Å². The van der Waals surface area contributed by atoms with E-state index >= 15 is 0 Å². The van der Waals surface area contributed by atoms with Crippen molar-refractivity contribution < 1.29 is 34.4 Å². The molecule has 0 aromatic heterocycles. The fraction of sp³-hybridized carbons (Fsp3) is 0.261. The lowest BCUT2D eigenvalue weighted by Crippen LogP contribution is -2.30. The molecule has 0 bridgehead atoms. The van der Waals surface area contributed by atoms with Crippen LogP contribution in [0, 0.1) is 20.2 Å². The number of hydrogen-bond acceptors (Lipinski definition) is 8. The molecule has 0 radical (unpaired) electrons. The SMILES string of the molecule is O=C(O)CCCCCN1C(=O)C(=O)C(=C(O)c2ccc([N+](=O)[O-])cc2)C1c1cccc([N+](=O)[O-])c1. The predicted molar refractivity (Wildman–Crippen MR) is 121 cm³/mol. The van der Waals surface area contributed by atoms with Crippen LogP contribution in [-0.2, 0) is 14.4 Å². The topological polar surface area (TPSA) is 181 Å². The summed E-state index contributed by atoms with van der Waals surface area (Å²) in [6, 6.07) is 8.94. The number of non-ortho nitro benzene ring substituents is 2. The minimum atomic E-state index is -1.13. The molecule has 2 aromatic rings. The van der Waals surface area contributed by atoms with Crippen molar-refractivity contribution in [2.75, 3.05) is 6.54 Å². The van der Waals surface area contributed by atoms with Crippen molar-refractivity contribution in [3.05, 3.63) is 85.5 Å². The van der Waals surface area contributed by atoms with E-state index < -0.39 is 39.3 Å². The summed E-state index contributed by atoms with van der Waals surface area (Å²) in [5.74, 6) is -3.43. The summed E-state index contributed by atoms with van der Waals surface area (Å²) >= 11 is 0. The minimum absolute atomic E-state index is 0.0483. The van der Waals surface area contributed by atoms with Gasteiger partial charge in [-0.25, -0.2) is 0 Å². The molecule has 1 unspecified atom stereocenters. The highest BCUT2D eigenvalue weighted by Crippen LogP contribution is 2.40. The summed E-state index contributed by atoms with van der Waals surface area (Å²) in [7, 11) is 0. The lowest BCUT2D eigenvalue weighted by molar-refractivity contribution is -0.385. The molecule has 2 N–H and O–H groups in total. The lowest BCUT2D eigenvalue weighted by Gasteiger charge is -2.25. The molecule has 35 heavy (non-hydrogen) atoms. The van der Waals surface area contributed by atoms with Crippen molar-refractivity contribution in [3.8, 4) is 0 Å². The fourth-order valence-electron chi connectivity index (χ4n) is 3.90. The zero-order valence-electron chi connectivity index (χ0n) is 18.3. The Morgan fingerprint density at radius 3 is 2.17 bits per heavy atom. The number of aliphatic hydroxyl groups excluding tert-OH is 1. The number of amides is 1. The number of nitro groups is 2. The Bertz CT molecular complexity index is 1220. The van der Waals surface area contributed by atoms with Crippen molar-refractivity contribution in [2.24, 2.45) is 0 Å². The van der Waals surface area contributed by atoms with Gasteiger partial charge in [-0.3, -0.25) is 34.6 Å². The maximum Gasteiger partial charge on any atom is 0.303 e. The van der Waals surface area contributed by atoms with Crippen LogP contribution >= 0.6 is 0 Å². The van der Waals surface area contributed by atoms with Gasteiger partial charge in [0.1, 0.15) is 5.76 Å². The predicted octanol–water partition coefficient (Wildman–Crippen LogP) is 3.57. The Balaban J connectivity index is 2.04. The molecule has 12 heteroatoms. The summed E-state index contributed by atoms with van der Waals surface area (Å²) in [6.45, 7) is 0.0502. The number of nitro benzene ring substituents is 2. The standard InChI is InChI=1S/C23H21N3O9/c27-18(28)7-2-1-3-12-24-20(15-5-4-6-17(13-15)26(34)35)19(22(30)23(24)31)21(29)14-8-10-16(11-9-14)25(32)33/h4-6,8-11,13,20,29H,1-3,7,12H2,(H,27,28). The molecular formula is C23H21N3O9. The van der Waals surface area contributed by atoms with E-state index in [2.05, 4.69) is 0 Å². The van der Waals surface area contributed by atoms with Crippen LogP contribution in [0.1, 0.15) is 42.9 Å². The highest BCUT2D eigenvalue weighted by molar-refractivity contribution is 6.46. The first kappa shape index (κ1) is 25.0. The second kappa shape index (κ2) is 10.5. The first-order valence-electron chi connectivity index (χ1n) is 10.6. The molecule has 1 saturated heterocycles. The Morgan fingerprint density at radius 1 is 0.914 bits per heavy atom. The van der Waals surface area contributed by atoms with Gasteiger partial charge in [0.15, 0.2) is 0 Å². The van der Waals surface area contributed by atoms with Gasteiger partial charge in [-0.15, -0.1) is 0 Å². The number of hydrogen-bond donors (Lipinski definition) is 2. The smallest absolute Gasteiger partial charge is 0.303 e. The van der Waals surface area contributed by atoms with Crippen LogP contribution in [0.2, 0.25) is 0 Å². The molecule has 1 amide bonds. The Kier molecular flexibility index (Phi) is 7.54. The van der Waals surface area contributed by atoms with E-state index in [1.807, 2.05) is 0 Å². The Hall–Kier alpha value is -4.61. The summed E-state index contributed by atoms with van der Waals surface area (Å²) in [4.78, 5) is 58.7. The van der Waals surface area contributed by atoms with Crippen LogP contribution < -0.4 is 0 Å². The van der Waals surface area contributed by atoms with Gasteiger partial charge in [-0.05, 0) is 30.5 Å². The van der Waals surface area contributed by atoms with Gasteiger partial charge in [-0.1, -0.05) is 18.6 Å². The van der Waals surface area contributed by atoms with Crippen LogP contribution in [0.25, 0.3) is 5.76 Å². The molecule has 182 valence electrons. The molecule has 12 nitrogen and oxygen atoms in total. The van der Waals surface area contributed by atoms with E-state index in [1.54, 1.807) is 0 Å². The maximum absolute atomic E-state index is 13.0. The summed E-state index contributed by atoms with van der Waals surface area (Å²) in [5.41, 5.74) is -0.517. The molecule has 1 fully saturated rings. The number of nitrogens with zero attached hydrogens (tertiary/aromatic N) is 3. The van der Waals surface area contributed by atoms with Gasteiger partial charge in [-0.2, -0.15) is 0 Å². The number of ketones is 1. The zero-order valence-corrected chi connectivity index (χ0v) is 18.3. The van der Waals surface area contributed by atoms with E-state index in [-0.39, 0.29) is 41.0 Å². The van der Waals surface area contributed by atoms with Crippen LogP contribution in [0.15, 0.2) is 54.1 Å². The van der Waals surface area contributed by atoms with Crippen LogP contribution in [0.5, 0.6) is 0 Å². The van der Waals surface area contributed by atoms with Gasteiger partial charge >= 0.3 is 5.97 Å². The fourth-order valence-corrected chi connectivity index (χ4v) is 3.90. The second-order valence-electron chi connectivity index (χ2n) is 7.85. The molecule has 2 aromatic carbocycles. The number of carboxylic acids is 1. The van der Waals surface area contributed by atoms with Crippen molar-refractivity contribution in [1.82, 2.24) is 4.90 Å². The normalized spacial score (nSPS) is 16.9. The first-order chi connectivity index (χ1) is 16.6. The monoisotopic (exact) mass is 483 g/mol. The number of benzene rings is 2. The average Bonchev–Trinajstić information content (AvgIpc) is 3.08. The number of carboxylic acid groups (broad SMARTS) is 1. The van der Waals surface area contributed by atoms with Gasteiger partial charge in [0.25, 0.3) is 23.1 Å². The number of Topliss-reactive ketones (excluding diaryl/α,β-unsaturated/α-hetero) is 1. The van der Waals surface area contributed by atoms with Gasteiger partial charge < -0.3 is 15.1 Å². The molecule has 1 aliphatic rings. The summed E-state index contributed by atoms with van der Waals surface area (Å²) < 4.78 is 0. The molecule has 1 aliphatic heterocycles. The largest absolute Gasteiger partial charge is 0.507 e. The van der Waals surface area contributed by atoms with Crippen molar-refractivity contribution >= 4 is 34.8 Å². The third-order valence-electron chi connectivity index (χ3n) is 5.58. The van der Waals surface area contributed by atoms with Crippen molar-refractivity contribution in [2.45, 2.75) is 31.7 Å². The molecule has 1 atom stereocenters. The molecule has 0 saturated carbocycles. The zero-order chi connectivity index (χ0) is 25.7. The summed E-state index contributed by atoms with van der Waals surface area (Å²) in [5, 5.41) is 41.9. The average molecular weight is 483 g/mol. The second-order valence-corrected chi connectivity index (χ2v) is 7.85. The van der Waals surface area contributed by atoms with Crippen molar-refractivity contribution in [3.63, 3.8) is 0 Å². The molecular weight excluding hydrogens is 462 g/mol. The number of aliphatic hydroxyl groups is 1. The Labute approximate surface area is 198 Å². The molecule has 3 rings (SSSR count). The van der Waals surface area contributed by atoms with Gasteiger partial charge in [0.05, 0.1) is 21.5 Å².